The Hall–Kier alpha value is -3.91. The first-order chi connectivity index (χ1) is 15.1. The summed E-state index contributed by atoms with van der Waals surface area (Å²) >= 11 is 0. The third-order valence-electron chi connectivity index (χ3n) is 5.54. The molecule has 0 fully saturated rings. The molecule has 0 aliphatic heterocycles. The van der Waals surface area contributed by atoms with Crippen molar-refractivity contribution in [3.8, 4) is 22.5 Å². The van der Waals surface area contributed by atoms with E-state index in [9.17, 15) is 0 Å². The van der Waals surface area contributed by atoms with E-state index in [1.807, 2.05) is 25.1 Å². The third kappa shape index (κ3) is 3.76. The Morgan fingerprint density at radius 2 is 1.69 bits per heavy atom. The van der Waals surface area contributed by atoms with Crippen molar-refractivity contribution in [1.82, 2.24) is 35.2 Å². The van der Waals surface area contributed by atoms with Crippen LogP contribution in [0.4, 0.5) is 0 Å². The molecule has 0 radical (unpaired) electrons. The number of nitrogens with one attached hydrogen (secondary N) is 1. The number of hydrogen-bond donors (Lipinski definition) is 1. The Bertz CT molecular complexity index is 1360. The molecule has 8 nitrogen and oxygen atoms in total. The maximum absolute atomic E-state index is 4.85. The Labute approximate surface area is 185 Å². The topological polar surface area (TPSA) is 117 Å². The Balaban J connectivity index is 0.00000245. The number of fused-ring (bicyclic) bond motifs is 1. The number of aromatic nitrogens is 7. The van der Waals surface area contributed by atoms with Crippen molar-refractivity contribution in [3.63, 3.8) is 0 Å². The van der Waals surface area contributed by atoms with E-state index in [1.165, 1.54) is 11.1 Å². The second-order valence-corrected chi connectivity index (χ2v) is 7.70. The maximum Gasteiger partial charge on any atom is 0.205 e. The van der Waals surface area contributed by atoms with Crippen LogP contribution in [0.15, 0.2) is 54.6 Å². The standard InChI is InChI=1S/C24H23N7.H2O/c1-4-21-26-22-15(2)13-16(3)25-24(22)31(21)14-17-9-11-18(12-10-17)19-7-5-6-8-20(19)23-27-29-30-28-23;/h5-13H,4,14H2,1-3H3,(H,27,28,29,30);1H2. The van der Waals surface area contributed by atoms with E-state index in [0.29, 0.717) is 5.82 Å². The molecule has 0 amide bonds. The van der Waals surface area contributed by atoms with Gasteiger partial charge in [-0.2, -0.15) is 5.21 Å². The quantitative estimate of drug-likeness (QED) is 0.459. The van der Waals surface area contributed by atoms with Gasteiger partial charge in [-0.1, -0.05) is 55.5 Å². The van der Waals surface area contributed by atoms with Gasteiger partial charge in [-0.05, 0) is 47.4 Å². The van der Waals surface area contributed by atoms with Gasteiger partial charge >= 0.3 is 0 Å². The molecule has 0 saturated carbocycles. The fourth-order valence-corrected chi connectivity index (χ4v) is 4.06. The van der Waals surface area contributed by atoms with Gasteiger partial charge in [0.15, 0.2) is 5.65 Å². The molecular formula is C24H25N7O. The van der Waals surface area contributed by atoms with Crippen LogP contribution in [-0.4, -0.2) is 40.6 Å². The number of H-pyrrole nitrogens is 1. The van der Waals surface area contributed by atoms with E-state index in [1.54, 1.807) is 0 Å². The van der Waals surface area contributed by atoms with Gasteiger partial charge in [0, 0.05) is 17.7 Å². The summed E-state index contributed by atoms with van der Waals surface area (Å²) in [4.78, 5) is 9.64. The summed E-state index contributed by atoms with van der Waals surface area (Å²) in [5.41, 5.74) is 8.48. The van der Waals surface area contributed by atoms with Gasteiger partial charge in [0.2, 0.25) is 5.82 Å². The van der Waals surface area contributed by atoms with Gasteiger partial charge in [0.25, 0.3) is 0 Å². The molecule has 0 aliphatic rings. The summed E-state index contributed by atoms with van der Waals surface area (Å²) in [6, 6.07) is 18.8. The molecule has 5 aromatic rings. The number of rotatable bonds is 5. The highest BCUT2D eigenvalue weighted by atomic mass is 16.0. The summed E-state index contributed by atoms with van der Waals surface area (Å²) in [6.07, 6.45) is 0.866. The number of pyridine rings is 1. The lowest BCUT2D eigenvalue weighted by atomic mass is 9.98. The van der Waals surface area contributed by atoms with Crippen molar-refractivity contribution < 1.29 is 5.48 Å². The maximum atomic E-state index is 4.85. The molecule has 3 N–H and O–H groups in total. The average Bonchev–Trinajstić information content (AvgIpc) is 3.43. The number of aryl methyl sites for hydroxylation is 3. The first-order valence-electron chi connectivity index (χ1n) is 10.4. The number of aromatic amines is 1. The van der Waals surface area contributed by atoms with Gasteiger partial charge in [-0.15, -0.1) is 10.2 Å². The number of nitrogens with zero attached hydrogens (tertiary/aromatic N) is 6. The van der Waals surface area contributed by atoms with Gasteiger partial charge in [-0.3, -0.25) is 0 Å². The highest BCUT2D eigenvalue weighted by Gasteiger charge is 2.14. The first-order valence-corrected chi connectivity index (χ1v) is 10.4. The van der Waals surface area contributed by atoms with Crippen LogP contribution in [0.3, 0.4) is 0 Å². The molecule has 0 aliphatic carbocycles. The number of imidazole rings is 1. The van der Waals surface area contributed by atoms with Gasteiger partial charge in [-0.25, -0.2) is 9.97 Å². The van der Waals surface area contributed by atoms with Crippen molar-refractivity contribution in [2.24, 2.45) is 0 Å². The second-order valence-electron chi connectivity index (χ2n) is 7.70. The van der Waals surface area contributed by atoms with Crippen LogP contribution in [0.1, 0.15) is 29.6 Å². The molecule has 5 rings (SSSR count). The van der Waals surface area contributed by atoms with E-state index in [4.69, 9.17) is 9.97 Å². The fraction of sp³-hybridized carbons (Fsp3) is 0.208. The molecule has 0 spiro atoms. The second kappa shape index (κ2) is 8.68. The van der Waals surface area contributed by atoms with Crippen LogP contribution in [0.5, 0.6) is 0 Å². The van der Waals surface area contributed by atoms with Crippen LogP contribution in [0, 0.1) is 13.8 Å². The van der Waals surface area contributed by atoms with Gasteiger partial charge in [0.05, 0.1) is 6.54 Å². The molecule has 0 bridgehead atoms. The molecule has 3 heterocycles. The number of tetrazole rings is 1. The Morgan fingerprint density at radius 3 is 2.38 bits per heavy atom. The van der Waals surface area contributed by atoms with Crippen LogP contribution < -0.4 is 0 Å². The fourth-order valence-electron chi connectivity index (χ4n) is 4.06. The van der Waals surface area contributed by atoms with Crippen molar-refractivity contribution in [2.75, 3.05) is 0 Å². The predicted molar refractivity (Wildman–Crippen MR) is 124 cm³/mol. The van der Waals surface area contributed by atoms with E-state index in [-0.39, 0.29) is 5.48 Å². The van der Waals surface area contributed by atoms with Crippen molar-refractivity contribution in [3.05, 3.63) is 77.2 Å². The monoisotopic (exact) mass is 427 g/mol. The van der Waals surface area contributed by atoms with Crippen LogP contribution in [0.25, 0.3) is 33.7 Å². The molecule has 32 heavy (non-hydrogen) atoms. The van der Waals surface area contributed by atoms with Gasteiger partial charge in [0.1, 0.15) is 11.3 Å². The van der Waals surface area contributed by atoms with E-state index in [0.717, 1.165) is 52.3 Å². The van der Waals surface area contributed by atoms with Crippen LogP contribution in [0.2, 0.25) is 0 Å². The number of hydrogen-bond acceptors (Lipinski definition) is 5. The summed E-state index contributed by atoms with van der Waals surface area (Å²) in [5, 5.41) is 14.5. The van der Waals surface area contributed by atoms with Crippen LogP contribution in [-0.2, 0) is 13.0 Å². The van der Waals surface area contributed by atoms with E-state index >= 15 is 0 Å². The first kappa shape index (κ1) is 21.3. The normalized spacial score (nSPS) is 11.0. The van der Waals surface area contributed by atoms with Crippen molar-refractivity contribution in [2.45, 2.75) is 33.7 Å². The summed E-state index contributed by atoms with van der Waals surface area (Å²) in [6.45, 7) is 7.01. The van der Waals surface area contributed by atoms with E-state index < -0.39 is 0 Å². The van der Waals surface area contributed by atoms with E-state index in [2.05, 4.69) is 75.4 Å². The average molecular weight is 428 g/mol. The Kier molecular flexibility index (Phi) is 5.79. The highest BCUT2D eigenvalue weighted by Crippen LogP contribution is 2.30. The SMILES string of the molecule is CCc1nc2c(C)cc(C)nc2n1Cc1ccc(-c2ccccc2-c2nn[nH]n2)cc1.O. The molecule has 0 unspecified atom stereocenters. The minimum atomic E-state index is 0. The molecule has 8 heteroatoms. The summed E-state index contributed by atoms with van der Waals surface area (Å²) in [7, 11) is 0. The van der Waals surface area contributed by atoms with Crippen molar-refractivity contribution in [1.29, 1.82) is 0 Å². The minimum absolute atomic E-state index is 0. The molecule has 3 aromatic heterocycles. The smallest absolute Gasteiger partial charge is 0.205 e. The van der Waals surface area contributed by atoms with Gasteiger partial charge < -0.3 is 10.0 Å². The summed E-state index contributed by atoms with van der Waals surface area (Å²) < 4.78 is 2.23. The van der Waals surface area contributed by atoms with Crippen molar-refractivity contribution >= 4 is 11.2 Å². The van der Waals surface area contributed by atoms with Crippen LogP contribution >= 0.6 is 0 Å². The lowest BCUT2D eigenvalue weighted by molar-refractivity contribution is 0.745. The number of benzene rings is 2. The molecular weight excluding hydrogens is 402 g/mol. The zero-order valence-electron chi connectivity index (χ0n) is 18.3. The minimum Gasteiger partial charge on any atom is -0.412 e. The molecule has 0 saturated heterocycles. The summed E-state index contributed by atoms with van der Waals surface area (Å²) in [5.74, 6) is 1.65. The zero-order valence-corrected chi connectivity index (χ0v) is 18.3. The molecule has 0 atom stereocenters. The third-order valence-corrected chi connectivity index (χ3v) is 5.54. The zero-order chi connectivity index (χ0) is 21.4. The lowest BCUT2D eigenvalue weighted by Crippen LogP contribution is -2.05. The Morgan fingerprint density at radius 1 is 0.938 bits per heavy atom. The highest BCUT2D eigenvalue weighted by molar-refractivity contribution is 5.80. The predicted octanol–water partition coefficient (Wildman–Crippen LogP) is 3.68. The molecule has 162 valence electrons. The molecule has 2 aromatic carbocycles. The lowest BCUT2D eigenvalue weighted by Gasteiger charge is -2.11. The largest absolute Gasteiger partial charge is 0.412 e.